The second-order valence-corrected chi connectivity index (χ2v) is 7.67. The molecule has 2 aromatic rings. The van der Waals surface area contributed by atoms with Crippen molar-refractivity contribution in [3.05, 3.63) is 66.0 Å². The van der Waals surface area contributed by atoms with Crippen molar-refractivity contribution in [3.63, 3.8) is 0 Å². The quantitative estimate of drug-likeness (QED) is 0.878. The summed E-state index contributed by atoms with van der Waals surface area (Å²) in [7, 11) is 0. The van der Waals surface area contributed by atoms with Gasteiger partial charge in [0.1, 0.15) is 5.82 Å². The SMILES string of the molecule is O=C(Nc1cccc(F)c1)[C@H]1C[C@@]12CCN(C(=O)CCc1ccccc1)C2. The summed E-state index contributed by atoms with van der Waals surface area (Å²) >= 11 is 0. The van der Waals surface area contributed by atoms with E-state index >= 15 is 0 Å². The minimum Gasteiger partial charge on any atom is -0.342 e. The molecule has 1 spiro atoms. The molecular formula is C22H23FN2O2. The Morgan fingerprint density at radius 3 is 2.74 bits per heavy atom. The first-order valence-corrected chi connectivity index (χ1v) is 9.44. The van der Waals surface area contributed by atoms with E-state index in [0.29, 0.717) is 18.7 Å². The zero-order valence-electron chi connectivity index (χ0n) is 15.2. The highest BCUT2D eigenvalue weighted by Crippen LogP contribution is 2.58. The normalized spacial score (nSPS) is 23.4. The molecule has 1 aliphatic heterocycles. The number of amides is 2. The summed E-state index contributed by atoms with van der Waals surface area (Å²) in [5, 5.41) is 2.80. The minimum absolute atomic E-state index is 0.0702. The number of hydrogen-bond acceptors (Lipinski definition) is 2. The summed E-state index contributed by atoms with van der Waals surface area (Å²) in [5.74, 6) is -0.367. The van der Waals surface area contributed by atoms with E-state index in [9.17, 15) is 14.0 Å². The average Bonchev–Trinajstić information content (AvgIpc) is 3.21. The summed E-state index contributed by atoms with van der Waals surface area (Å²) in [4.78, 5) is 26.9. The number of anilines is 1. The Morgan fingerprint density at radius 1 is 1.15 bits per heavy atom. The monoisotopic (exact) mass is 366 g/mol. The number of aryl methyl sites for hydroxylation is 1. The standard InChI is InChI=1S/C22H23FN2O2/c23-17-7-4-8-18(13-17)24-21(27)19-14-22(19)11-12-25(15-22)20(26)10-9-16-5-2-1-3-6-16/h1-8,13,19H,9-12,14-15H2,(H,24,27)/t19-,22-/m1/s1. The van der Waals surface area contributed by atoms with Crippen LogP contribution in [-0.2, 0) is 16.0 Å². The molecule has 0 unspecified atom stereocenters. The van der Waals surface area contributed by atoms with Gasteiger partial charge in [0.2, 0.25) is 11.8 Å². The van der Waals surface area contributed by atoms with Crippen molar-refractivity contribution < 1.29 is 14.0 Å². The fourth-order valence-corrected chi connectivity index (χ4v) is 4.13. The van der Waals surface area contributed by atoms with Gasteiger partial charge in [-0.05, 0) is 43.0 Å². The van der Waals surface area contributed by atoms with Crippen LogP contribution in [-0.4, -0.2) is 29.8 Å². The largest absolute Gasteiger partial charge is 0.342 e. The third-order valence-electron chi connectivity index (χ3n) is 5.81. The number of halogens is 1. The Labute approximate surface area is 158 Å². The maximum absolute atomic E-state index is 13.3. The van der Waals surface area contributed by atoms with Crippen LogP contribution >= 0.6 is 0 Å². The fourth-order valence-electron chi connectivity index (χ4n) is 4.13. The first-order chi connectivity index (χ1) is 13.1. The molecule has 4 rings (SSSR count). The summed E-state index contributed by atoms with van der Waals surface area (Å²) < 4.78 is 13.3. The van der Waals surface area contributed by atoms with Crippen LogP contribution < -0.4 is 5.32 Å². The summed E-state index contributed by atoms with van der Waals surface area (Å²) in [6.45, 7) is 1.37. The number of rotatable bonds is 5. The topological polar surface area (TPSA) is 49.4 Å². The van der Waals surface area contributed by atoms with Crippen LogP contribution in [0.3, 0.4) is 0 Å². The molecule has 2 fully saturated rings. The van der Waals surface area contributed by atoms with E-state index < -0.39 is 0 Å². The first-order valence-electron chi connectivity index (χ1n) is 9.44. The van der Waals surface area contributed by atoms with Gasteiger partial charge in [0.05, 0.1) is 0 Å². The lowest BCUT2D eigenvalue weighted by Gasteiger charge is -2.17. The van der Waals surface area contributed by atoms with E-state index in [1.807, 2.05) is 35.2 Å². The third-order valence-corrected chi connectivity index (χ3v) is 5.81. The maximum Gasteiger partial charge on any atom is 0.228 e. The molecule has 1 N–H and O–H groups in total. The van der Waals surface area contributed by atoms with E-state index in [-0.39, 0.29) is 29.0 Å². The molecule has 4 nitrogen and oxygen atoms in total. The van der Waals surface area contributed by atoms with Crippen molar-refractivity contribution in [1.29, 1.82) is 0 Å². The molecule has 2 aromatic carbocycles. The van der Waals surface area contributed by atoms with Gasteiger partial charge in [0.25, 0.3) is 0 Å². The highest BCUT2D eigenvalue weighted by Gasteiger charge is 2.61. The Kier molecular flexibility index (Phi) is 4.68. The zero-order valence-corrected chi connectivity index (χ0v) is 15.2. The second kappa shape index (κ2) is 7.14. The summed E-state index contributed by atoms with van der Waals surface area (Å²) in [6, 6.07) is 15.9. The van der Waals surface area contributed by atoms with Crippen LogP contribution in [0, 0.1) is 17.2 Å². The molecule has 140 valence electrons. The predicted molar refractivity (Wildman–Crippen MR) is 102 cm³/mol. The predicted octanol–water partition coefficient (Wildman–Crippen LogP) is 3.64. The van der Waals surface area contributed by atoms with Gasteiger partial charge in [-0.3, -0.25) is 9.59 Å². The van der Waals surface area contributed by atoms with E-state index in [0.717, 1.165) is 25.8 Å². The maximum atomic E-state index is 13.3. The molecule has 2 aliphatic rings. The van der Waals surface area contributed by atoms with Gasteiger partial charge in [0.15, 0.2) is 0 Å². The van der Waals surface area contributed by atoms with Crippen molar-refractivity contribution in [1.82, 2.24) is 4.90 Å². The van der Waals surface area contributed by atoms with Crippen LogP contribution in [0.5, 0.6) is 0 Å². The Hall–Kier alpha value is -2.69. The molecule has 2 amide bonds. The van der Waals surface area contributed by atoms with E-state index in [2.05, 4.69) is 5.32 Å². The molecule has 1 aliphatic carbocycles. The van der Waals surface area contributed by atoms with E-state index in [4.69, 9.17) is 0 Å². The lowest BCUT2D eigenvalue weighted by atomic mass is 10.0. The lowest BCUT2D eigenvalue weighted by molar-refractivity contribution is -0.130. The molecule has 5 heteroatoms. The Bertz CT molecular complexity index is 854. The van der Waals surface area contributed by atoms with Gasteiger partial charge >= 0.3 is 0 Å². The fraction of sp³-hybridized carbons (Fsp3) is 0.364. The van der Waals surface area contributed by atoms with Gasteiger partial charge in [0, 0.05) is 36.5 Å². The van der Waals surface area contributed by atoms with Crippen molar-refractivity contribution in [3.8, 4) is 0 Å². The zero-order chi connectivity index (χ0) is 18.9. The first kappa shape index (κ1) is 17.7. The Morgan fingerprint density at radius 2 is 1.96 bits per heavy atom. The van der Waals surface area contributed by atoms with E-state index in [1.54, 1.807) is 12.1 Å². The van der Waals surface area contributed by atoms with Crippen molar-refractivity contribution in [2.24, 2.45) is 11.3 Å². The number of nitrogens with one attached hydrogen (secondary N) is 1. The second-order valence-electron chi connectivity index (χ2n) is 7.67. The average molecular weight is 366 g/mol. The van der Waals surface area contributed by atoms with Crippen molar-refractivity contribution in [2.75, 3.05) is 18.4 Å². The molecule has 1 heterocycles. The number of carbonyl (C=O) groups is 2. The molecule has 1 saturated carbocycles. The molecule has 2 atom stereocenters. The summed E-state index contributed by atoms with van der Waals surface area (Å²) in [5.41, 5.74) is 1.56. The van der Waals surface area contributed by atoms with Crippen LogP contribution in [0.4, 0.5) is 10.1 Å². The molecule has 0 radical (unpaired) electrons. The highest BCUT2D eigenvalue weighted by atomic mass is 19.1. The van der Waals surface area contributed by atoms with Crippen molar-refractivity contribution >= 4 is 17.5 Å². The number of nitrogens with zero attached hydrogens (tertiary/aromatic N) is 1. The van der Waals surface area contributed by atoms with Gasteiger partial charge < -0.3 is 10.2 Å². The lowest BCUT2D eigenvalue weighted by Crippen LogP contribution is -2.30. The number of carbonyl (C=O) groups excluding carboxylic acids is 2. The van der Waals surface area contributed by atoms with Crippen LogP contribution in [0.15, 0.2) is 54.6 Å². The van der Waals surface area contributed by atoms with Crippen molar-refractivity contribution in [2.45, 2.75) is 25.7 Å². The van der Waals surface area contributed by atoms with Gasteiger partial charge in [-0.1, -0.05) is 36.4 Å². The van der Waals surface area contributed by atoms with Gasteiger partial charge in [-0.25, -0.2) is 4.39 Å². The van der Waals surface area contributed by atoms with Crippen LogP contribution in [0.25, 0.3) is 0 Å². The highest BCUT2D eigenvalue weighted by molar-refractivity contribution is 5.95. The number of likely N-dealkylation sites (tertiary alicyclic amines) is 1. The Balaban J connectivity index is 1.29. The van der Waals surface area contributed by atoms with Gasteiger partial charge in [-0.2, -0.15) is 0 Å². The molecule has 27 heavy (non-hydrogen) atoms. The molecular weight excluding hydrogens is 343 g/mol. The molecule has 0 bridgehead atoms. The van der Waals surface area contributed by atoms with Crippen LogP contribution in [0.1, 0.15) is 24.8 Å². The van der Waals surface area contributed by atoms with E-state index in [1.165, 1.54) is 17.7 Å². The van der Waals surface area contributed by atoms with Crippen LogP contribution in [0.2, 0.25) is 0 Å². The smallest absolute Gasteiger partial charge is 0.228 e. The number of benzene rings is 2. The number of hydrogen-bond donors (Lipinski definition) is 1. The molecule has 0 aromatic heterocycles. The third kappa shape index (κ3) is 3.87. The minimum atomic E-state index is -0.366. The summed E-state index contributed by atoms with van der Waals surface area (Å²) in [6.07, 6.45) is 2.91. The van der Waals surface area contributed by atoms with Gasteiger partial charge in [-0.15, -0.1) is 0 Å². The molecule has 1 saturated heterocycles.